The summed E-state index contributed by atoms with van der Waals surface area (Å²) in [4.78, 5) is 37.5. The van der Waals surface area contributed by atoms with Gasteiger partial charge in [0.1, 0.15) is 6.61 Å². The summed E-state index contributed by atoms with van der Waals surface area (Å²) in [5.41, 5.74) is 4.71. The number of nitrogens with one attached hydrogen (secondary N) is 1. The summed E-state index contributed by atoms with van der Waals surface area (Å²) in [7, 11) is 0. The van der Waals surface area contributed by atoms with E-state index in [4.69, 9.17) is 9.84 Å². The summed E-state index contributed by atoms with van der Waals surface area (Å²) < 4.78 is 5.58. The van der Waals surface area contributed by atoms with Crippen molar-refractivity contribution in [2.24, 2.45) is 5.92 Å². The van der Waals surface area contributed by atoms with Crippen LogP contribution in [0.1, 0.15) is 56.1 Å². The van der Waals surface area contributed by atoms with Gasteiger partial charge in [0.25, 0.3) is 0 Å². The van der Waals surface area contributed by atoms with Gasteiger partial charge in [-0.1, -0.05) is 48.5 Å². The molecular formula is C27H32N2O5. The number of ether oxygens (including phenoxy) is 1. The molecule has 2 aromatic carbocycles. The van der Waals surface area contributed by atoms with E-state index in [1.54, 1.807) is 0 Å². The molecule has 1 aliphatic carbocycles. The highest BCUT2D eigenvalue weighted by Gasteiger charge is 2.29. The van der Waals surface area contributed by atoms with Crippen LogP contribution in [0.2, 0.25) is 0 Å². The fraction of sp³-hybridized carbons (Fsp3) is 0.444. The van der Waals surface area contributed by atoms with Gasteiger partial charge in [-0.05, 0) is 54.4 Å². The number of benzene rings is 2. The Bertz CT molecular complexity index is 1010. The molecule has 0 saturated carbocycles. The van der Waals surface area contributed by atoms with Crippen molar-refractivity contribution < 1.29 is 24.2 Å². The first-order valence-corrected chi connectivity index (χ1v) is 12.0. The van der Waals surface area contributed by atoms with Crippen LogP contribution in [0.15, 0.2) is 48.5 Å². The normalized spacial score (nSPS) is 17.7. The van der Waals surface area contributed by atoms with Crippen LogP contribution < -0.4 is 5.32 Å². The molecule has 2 aromatic rings. The number of nitrogens with zero attached hydrogens (tertiary/aromatic N) is 1. The second-order valence-electron chi connectivity index (χ2n) is 9.34. The number of rotatable bonds is 9. The van der Waals surface area contributed by atoms with E-state index in [9.17, 15) is 14.4 Å². The molecule has 7 heteroatoms. The third-order valence-corrected chi connectivity index (χ3v) is 6.90. The molecule has 0 radical (unpaired) electrons. The number of fused-ring (bicyclic) bond motifs is 3. The summed E-state index contributed by atoms with van der Waals surface area (Å²) in [5.74, 6) is -0.465. The largest absolute Gasteiger partial charge is 0.481 e. The van der Waals surface area contributed by atoms with Crippen molar-refractivity contribution in [2.45, 2.75) is 51.0 Å². The number of carboxylic acids is 1. The van der Waals surface area contributed by atoms with Gasteiger partial charge in [-0.15, -0.1) is 0 Å². The van der Waals surface area contributed by atoms with Crippen LogP contribution in [0.25, 0.3) is 11.1 Å². The average Bonchev–Trinajstić information content (AvgIpc) is 3.43. The maximum absolute atomic E-state index is 12.5. The number of likely N-dealkylation sites (tertiary alicyclic amines) is 1. The standard InChI is InChI=1S/C27H32N2O5/c1-18(10-12-25(30)29-15-14-19(16-29)11-13-26(31)32)28-27(33)34-17-24-22-8-4-2-6-20(22)21-7-3-5-9-23(21)24/h2-9,18-19,24H,10-17H2,1H3,(H,28,33)(H,31,32). The molecule has 180 valence electrons. The lowest BCUT2D eigenvalue weighted by Gasteiger charge is -2.19. The van der Waals surface area contributed by atoms with Crippen LogP contribution in [0.3, 0.4) is 0 Å². The number of aliphatic carboxylic acids is 1. The number of hydrogen-bond donors (Lipinski definition) is 2. The van der Waals surface area contributed by atoms with Crippen LogP contribution >= 0.6 is 0 Å². The first-order valence-electron chi connectivity index (χ1n) is 12.0. The van der Waals surface area contributed by atoms with E-state index in [0.29, 0.717) is 32.4 Å². The average molecular weight is 465 g/mol. The lowest BCUT2D eigenvalue weighted by Crippen LogP contribution is -2.35. The fourth-order valence-corrected chi connectivity index (χ4v) is 5.03. The topological polar surface area (TPSA) is 95.9 Å². The summed E-state index contributed by atoms with van der Waals surface area (Å²) in [5, 5.41) is 11.7. The van der Waals surface area contributed by atoms with Gasteiger partial charge in [0.05, 0.1) is 0 Å². The zero-order chi connectivity index (χ0) is 24.1. The smallest absolute Gasteiger partial charge is 0.407 e. The first-order chi connectivity index (χ1) is 16.4. The van der Waals surface area contributed by atoms with E-state index < -0.39 is 12.1 Å². The van der Waals surface area contributed by atoms with E-state index in [2.05, 4.69) is 29.6 Å². The third kappa shape index (κ3) is 5.58. The van der Waals surface area contributed by atoms with Crippen LogP contribution in [-0.2, 0) is 14.3 Å². The highest BCUT2D eigenvalue weighted by atomic mass is 16.5. The Hall–Kier alpha value is -3.35. The minimum absolute atomic E-state index is 0.0132. The van der Waals surface area contributed by atoms with Crippen LogP contribution in [-0.4, -0.2) is 53.7 Å². The van der Waals surface area contributed by atoms with Gasteiger partial charge in [-0.3, -0.25) is 9.59 Å². The molecule has 1 fully saturated rings. The van der Waals surface area contributed by atoms with Gasteiger partial charge in [0.2, 0.25) is 5.91 Å². The molecular weight excluding hydrogens is 432 g/mol. The van der Waals surface area contributed by atoms with E-state index in [1.165, 1.54) is 22.3 Å². The Morgan fingerprint density at radius 3 is 2.35 bits per heavy atom. The highest BCUT2D eigenvalue weighted by molar-refractivity contribution is 5.79. The van der Waals surface area contributed by atoms with Crippen LogP contribution in [0.5, 0.6) is 0 Å². The Balaban J connectivity index is 1.21. The predicted octanol–water partition coefficient (Wildman–Crippen LogP) is 4.41. The minimum atomic E-state index is -0.794. The molecule has 1 saturated heterocycles. The molecule has 0 spiro atoms. The molecule has 1 heterocycles. The van der Waals surface area contributed by atoms with Crippen molar-refractivity contribution in [2.75, 3.05) is 19.7 Å². The van der Waals surface area contributed by atoms with Gasteiger partial charge in [-0.2, -0.15) is 0 Å². The van der Waals surface area contributed by atoms with E-state index >= 15 is 0 Å². The van der Waals surface area contributed by atoms with Crippen LogP contribution in [0.4, 0.5) is 4.79 Å². The first kappa shape index (κ1) is 23.8. The molecule has 2 atom stereocenters. The monoisotopic (exact) mass is 464 g/mol. The van der Waals surface area contributed by atoms with Crippen molar-refractivity contribution in [3.8, 4) is 11.1 Å². The number of carbonyl (C=O) groups is 3. The molecule has 4 rings (SSSR count). The Labute approximate surface area is 200 Å². The number of hydrogen-bond acceptors (Lipinski definition) is 4. The lowest BCUT2D eigenvalue weighted by atomic mass is 9.98. The zero-order valence-electron chi connectivity index (χ0n) is 19.5. The van der Waals surface area contributed by atoms with Gasteiger partial charge in [-0.25, -0.2) is 4.79 Å². The van der Waals surface area contributed by atoms with E-state index in [0.717, 1.165) is 6.42 Å². The molecule has 7 nitrogen and oxygen atoms in total. The molecule has 0 aromatic heterocycles. The van der Waals surface area contributed by atoms with Gasteiger partial charge >= 0.3 is 12.1 Å². The summed E-state index contributed by atoms with van der Waals surface area (Å²) >= 11 is 0. The molecule has 2 N–H and O–H groups in total. The second kappa shape index (κ2) is 10.7. The SMILES string of the molecule is CC(CCC(=O)N1CCC(CCC(=O)O)C1)NC(=O)OCC1c2ccccc2-c2ccccc21. The Morgan fingerprint density at radius 1 is 1.06 bits per heavy atom. The second-order valence-corrected chi connectivity index (χ2v) is 9.34. The number of carbonyl (C=O) groups excluding carboxylic acids is 2. The van der Waals surface area contributed by atoms with Crippen molar-refractivity contribution in [1.29, 1.82) is 0 Å². The minimum Gasteiger partial charge on any atom is -0.481 e. The molecule has 34 heavy (non-hydrogen) atoms. The van der Waals surface area contributed by atoms with Crippen molar-refractivity contribution in [1.82, 2.24) is 10.2 Å². The van der Waals surface area contributed by atoms with Gasteiger partial charge < -0.3 is 20.1 Å². The highest BCUT2D eigenvalue weighted by Crippen LogP contribution is 2.44. The van der Waals surface area contributed by atoms with Gasteiger partial charge in [0, 0.05) is 37.9 Å². The molecule has 2 unspecified atom stereocenters. The molecule has 0 bridgehead atoms. The number of alkyl carbamates (subject to hydrolysis) is 1. The van der Waals surface area contributed by atoms with Crippen LogP contribution in [0, 0.1) is 5.92 Å². The fourth-order valence-electron chi connectivity index (χ4n) is 5.03. The zero-order valence-corrected chi connectivity index (χ0v) is 19.5. The summed E-state index contributed by atoms with van der Waals surface area (Å²) in [6.45, 7) is 3.43. The maximum atomic E-state index is 12.5. The number of amides is 2. The van der Waals surface area contributed by atoms with Gasteiger partial charge in [0.15, 0.2) is 0 Å². The van der Waals surface area contributed by atoms with E-state index in [1.807, 2.05) is 36.1 Å². The van der Waals surface area contributed by atoms with E-state index in [-0.39, 0.29) is 36.8 Å². The summed E-state index contributed by atoms with van der Waals surface area (Å²) in [6.07, 6.45) is 2.01. The quantitative estimate of drug-likeness (QED) is 0.573. The number of carboxylic acid groups (broad SMARTS) is 1. The molecule has 1 aliphatic heterocycles. The predicted molar refractivity (Wildman–Crippen MR) is 128 cm³/mol. The Morgan fingerprint density at radius 2 is 1.71 bits per heavy atom. The lowest BCUT2D eigenvalue weighted by molar-refractivity contribution is -0.137. The summed E-state index contributed by atoms with van der Waals surface area (Å²) in [6, 6.07) is 16.2. The maximum Gasteiger partial charge on any atom is 0.407 e. The molecule has 2 amide bonds. The molecule has 2 aliphatic rings. The third-order valence-electron chi connectivity index (χ3n) is 6.90. The van der Waals surface area contributed by atoms with Crippen molar-refractivity contribution >= 4 is 18.0 Å². The van der Waals surface area contributed by atoms with Crippen molar-refractivity contribution in [3.63, 3.8) is 0 Å². The van der Waals surface area contributed by atoms with Crippen molar-refractivity contribution in [3.05, 3.63) is 59.7 Å². The Kier molecular flexibility index (Phi) is 7.50.